The molecule has 1 saturated heterocycles. The van der Waals surface area contributed by atoms with Crippen LogP contribution in [0.15, 0.2) is 6.20 Å². The van der Waals surface area contributed by atoms with Crippen molar-refractivity contribution in [3.63, 3.8) is 0 Å². The zero-order valence-corrected chi connectivity index (χ0v) is 12.6. The summed E-state index contributed by atoms with van der Waals surface area (Å²) in [5, 5.41) is 4.88. The molecule has 3 nitrogen and oxygen atoms in total. The van der Waals surface area contributed by atoms with E-state index in [0.29, 0.717) is 0 Å². The third kappa shape index (κ3) is 4.55. The number of hydrogen-bond donors (Lipinski definition) is 1. The van der Waals surface area contributed by atoms with E-state index in [2.05, 4.69) is 21.4 Å². The Kier molecular flexibility index (Phi) is 4.86. The zero-order valence-electron chi connectivity index (χ0n) is 11.7. The molecule has 0 unspecified atom stereocenters. The summed E-state index contributed by atoms with van der Waals surface area (Å²) in [5.74, 6) is 0. The SMILES string of the molecule is c1nc(CCN2CCCCCC2)sc1CNC1CC1. The van der Waals surface area contributed by atoms with Gasteiger partial charge in [0.15, 0.2) is 0 Å². The van der Waals surface area contributed by atoms with Crippen molar-refractivity contribution in [2.75, 3.05) is 19.6 Å². The minimum Gasteiger partial charge on any atom is -0.309 e. The van der Waals surface area contributed by atoms with E-state index < -0.39 is 0 Å². The van der Waals surface area contributed by atoms with Crippen molar-refractivity contribution in [2.24, 2.45) is 0 Å². The first-order valence-electron chi connectivity index (χ1n) is 7.79. The third-order valence-electron chi connectivity index (χ3n) is 4.08. The van der Waals surface area contributed by atoms with E-state index in [4.69, 9.17) is 0 Å². The largest absolute Gasteiger partial charge is 0.309 e. The monoisotopic (exact) mass is 279 g/mol. The molecule has 2 aliphatic rings. The van der Waals surface area contributed by atoms with Gasteiger partial charge in [-0.3, -0.25) is 0 Å². The maximum atomic E-state index is 4.57. The minimum atomic E-state index is 0.794. The van der Waals surface area contributed by atoms with E-state index >= 15 is 0 Å². The van der Waals surface area contributed by atoms with Gasteiger partial charge in [0.1, 0.15) is 0 Å². The van der Waals surface area contributed by atoms with Gasteiger partial charge >= 0.3 is 0 Å². The van der Waals surface area contributed by atoms with Crippen LogP contribution < -0.4 is 5.32 Å². The molecule has 0 aromatic carbocycles. The van der Waals surface area contributed by atoms with Gasteiger partial charge in [-0.2, -0.15) is 0 Å². The molecule has 0 spiro atoms. The van der Waals surface area contributed by atoms with Gasteiger partial charge in [0.05, 0.1) is 5.01 Å². The van der Waals surface area contributed by atoms with Gasteiger partial charge in [0, 0.05) is 36.6 Å². The van der Waals surface area contributed by atoms with Crippen LogP contribution in [0.4, 0.5) is 0 Å². The number of rotatable bonds is 6. The number of hydrogen-bond acceptors (Lipinski definition) is 4. The second-order valence-corrected chi connectivity index (χ2v) is 7.08. The quantitative estimate of drug-likeness (QED) is 0.868. The fourth-order valence-corrected chi connectivity index (χ4v) is 3.55. The third-order valence-corrected chi connectivity index (χ3v) is 5.14. The second-order valence-electron chi connectivity index (χ2n) is 5.88. The number of nitrogens with zero attached hydrogens (tertiary/aromatic N) is 2. The molecule has 0 bridgehead atoms. The minimum absolute atomic E-state index is 0.794. The predicted octanol–water partition coefficient (Wildman–Crippen LogP) is 2.81. The summed E-state index contributed by atoms with van der Waals surface area (Å²) in [6.07, 6.45) is 11.5. The Labute approximate surface area is 120 Å². The van der Waals surface area contributed by atoms with Crippen LogP contribution in [-0.2, 0) is 13.0 Å². The number of nitrogens with one attached hydrogen (secondary N) is 1. The van der Waals surface area contributed by atoms with Gasteiger partial charge in [-0.15, -0.1) is 11.3 Å². The van der Waals surface area contributed by atoms with Crippen molar-refractivity contribution in [1.82, 2.24) is 15.2 Å². The van der Waals surface area contributed by atoms with E-state index in [0.717, 1.165) is 19.0 Å². The Bertz CT molecular complexity index is 378. The molecule has 106 valence electrons. The van der Waals surface area contributed by atoms with Crippen LogP contribution in [0.1, 0.15) is 48.4 Å². The van der Waals surface area contributed by atoms with E-state index in [1.807, 2.05) is 11.3 Å². The molecule has 1 N–H and O–H groups in total. The van der Waals surface area contributed by atoms with Crippen molar-refractivity contribution in [1.29, 1.82) is 0 Å². The first-order chi connectivity index (χ1) is 9.40. The fraction of sp³-hybridized carbons (Fsp3) is 0.800. The Morgan fingerprint density at radius 1 is 1.21 bits per heavy atom. The molecule has 4 heteroatoms. The van der Waals surface area contributed by atoms with Crippen LogP contribution in [0.25, 0.3) is 0 Å². The molecule has 1 aromatic rings. The van der Waals surface area contributed by atoms with Crippen LogP contribution in [0, 0.1) is 0 Å². The lowest BCUT2D eigenvalue weighted by Crippen LogP contribution is -2.26. The van der Waals surface area contributed by atoms with Gasteiger partial charge in [-0.25, -0.2) is 4.98 Å². The molecule has 1 aromatic heterocycles. The summed E-state index contributed by atoms with van der Waals surface area (Å²) in [4.78, 5) is 8.60. The Balaban J connectivity index is 1.41. The molecule has 3 rings (SSSR count). The first-order valence-corrected chi connectivity index (χ1v) is 8.61. The number of aromatic nitrogens is 1. The van der Waals surface area contributed by atoms with Gasteiger partial charge in [-0.1, -0.05) is 12.8 Å². The Morgan fingerprint density at radius 3 is 2.74 bits per heavy atom. The summed E-state index contributed by atoms with van der Waals surface area (Å²) in [6, 6.07) is 0.794. The van der Waals surface area contributed by atoms with Gasteiger partial charge < -0.3 is 10.2 Å². The summed E-state index contributed by atoms with van der Waals surface area (Å²) in [5.41, 5.74) is 0. The van der Waals surface area contributed by atoms with Crippen LogP contribution in [0.3, 0.4) is 0 Å². The van der Waals surface area contributed by atoms with E-state index in [9.17, 15) is 0 Å². The summed E-state index contributed by atoms with van der Waals surface area (Å²) in [6.45, 7) is 4.80. The lowest BCUT2D eigenvalue weighted by atomic mass is 10.2. The highest BCUT2D eigenvalue weighted by molar-refractivity contribution is 7.11. The van der Waals surface area contributed by atoms with E-state index in [-0.39, 0.29) is 0 Å². The average molecular weight is 279 g/mol. The maximum Gasteiger partial charge on any atom is 0.0940 e. The average Bonchev–Trinajstić information content (AvgIpc) is 3.20. The molecular formula is C15H25N3S. The highest BCUT2D eigenvalue weighted by Gasteiger charge is 2.20. The maximum absolute atomic E-state index is 4.57. The number of likely N-dealkylation sites (tertiary alicyclic amines) is 1. The molecule has 1 aliphatic heterocycles. The second kappa shape index (κ2) is 6.82. The van der Waals surface area contributed by atoms with Crippen molar-refractivity contribution < 1.29 is 0 Å². The van der Waals surface area contributed by atoms with Crippen LogP contribution in [-0.4, -0.2) is 35.6 Å². The molecule has 1 saturated carbocycles. The van der Waals surface area contributed by atoms with Crippen molar-refractivity contribution in [2.45, 2.75) is 57.5 Å². The van der Waals surface area contributed by atoms with Gasteiger partial charge in [-0.05, 0) is 38.8 Å². The molecule has 0 amide bonds. The highest BCUT2D eigenvalue weighted by Crippen LogP contribution is 2.21. The van der Waals surface area contributed by atoms with Crippen LogP contribution in [0.2, 0.25) is 0 Å². The topological polar surface area (TPSA) is 28.2 Å². The zero-order chi connectivity index (χ0) is 12.9. The summed E-state index contributed by atoms with van der Waals surface area (Å²) in [7, 11) is 0. The van der Waals surface area contributed by atoms with Crippen molar-refractivity contribution in [3.05, 3.63) is 16.1 Å². The van der Waals surface area contributed by atoms with Crippen LogP contribution >= 0.6 is 11.3 Å². The van der Waals surface area contributed by atoms with Gasteiger partial charge in [0.25, 0.3) is 0 Å². The number of thiazole rings is 1. The van der Waals surface area contributed by atoms with E-state index in [1.165, 1.54) is 68.0 Å². The van der Waals surface area contributed by atoms with E-state index in [1.54, 1.807) is 0 Å². The molecule has 1 aliphatic carbocycles. The predicted molar refractivity (Wildman–Crippen MR) is 80.6 cm³/mol. The Morgan fingerprint density at radius 2 is 2.00 bits per heavy atom. The standard InChI is InChI=1S/C15H25N3S/c1-2-4-9-18(8-3-1)10-7-15-17-12-14(19-15)11-16-13-5-6-13/h12-13,16H,1-11H2. The molecule has 0 radical (unpaired) electrons. The fourth-order valence-electron chi connectivity index (χ4n) is 2.69. The van der Waals surface area contributed by atoms with Crippen LogP contribution in [0.5, 0.6) is 0 Å². The van der Waals surface area contributed by atoms with Crippen molar-refractivity contribution >= 4 is 11.3 Å². The highest BCUT2D eigenvalue weighted by atomic mass is 32.1. The lowest BCUT2D eigenvalue weighted by molar-refractivity contribution is 0.288. The first kappa shape index (κ1) is 13.5. The summed E-state index contributed by atoms with van der Waals surface area (Å²) < 4.78 is 0. The van der Waals surface area contributed by atoms with Gasteiger partial charge in [0.2, 0.25) is 0 Å². The molecule has 0 atom stereocenters. The molecule has 19 heavy (non-hydrogen) atoms. The summed E-state index contributed by atoms with van der Waals surface area (Å²) >= 11 is 1.90. The lowest BCUT2D eigenvalue weighted by Gasteiger charge is -2.18. The normalized spacial score (nSPS) is 21.5. The molecule has 2 fully saturated rings. The smallest absolute Gasteiger partial charge is 0.0940 e. The Hall–Kier alpha value is -0.450. The molecule has 2 heterocycles. The molecular weight excluding hydrogens is 254 g/mol. The van der Waals surface area contributed by atoms with Crippen molar-refractivity contribution in [3.8, 4) is 0 Å².